The van der Waals surface area contributed by atoms with Gasteiger partial charge in [-0.15, -0.1) is 0 Å². The van der Waals surface area contributed by atoms with E-state index in [1.165, 1.54) is 5.57 Å². The standard InChI is InChI=1S/C28H41NO6/c1-16(2)25(26(33)34)29-23(31)9-10-24(32)35-22-8-7-20-19-6-5-17-15-18(30)11-13-27(17,3)21(19)12-14-28(20,22)4/h15-16,19-22,25H,5-14H2,1-4H3,(H,29,31)(H,33,34)/t19-,20-,21-,22-,25+,27-,28-/m0/s1. The van der Waals surface area contributed by atoms with E-state index in [1.807, 2.05) is 6.08 Å². The molecule has 4 rings (SSSR count). The van der Waals surface area contributed by atoms with Gasteiger partial charge in [0.05, 0.1) is 6.42 Å². The van der Waals surface area contributed by atoms with Gasteiger partial charge in [0.15, 0.2) is 5.78 Å². The molecule has 0 aromatic heterocycles. The first-order chi connectivity index (χ1) is 16.5. The summed E-state index contributed by atoms with van der Waals surface area (Å²) in [7, 11) is 0. The Bertz CT molecular complexity index is 924. The van der Waals surface area contributed by atoms with Crippen molar-refractivity contribution in [3.8, 4) is 0 Å². The lowest BCUT2D eigenvalue weighted by atomic mass is 9.47. The second-order valence-corrected chi connectivity index (χ2v) is 12.2. The Hall–Kier alpha value is -2.18. The van der Waals surface area contributed by atoms with E-state index in [1.54, 1.807) is 13.8 Å². The lowest BCUT2D eigenvalue weighted by molar-refractivity contribution is -0.160. The Labute approximate surface area is 208 Å². The maximum absolute atomic E-state index is 12.7. The first-order valence-corrected chi connectivity index (χ1v) is 13.4. The third kappa shape index (κ3) is 4.79. The van der Waals surface area contributed by atoms with Gasteiger partial charge < -0.3 is 15.2 Å². The van der Waals surface area contributed by atoms with Crippen LogP contribution in [0.15, 0.2) is 11.6 Å². The minimum atomic E-state index is -1.07. The van der Waals surface area contributed by atoms with Crippen LogP contribution in [-0.2, 0) is 23.9 Å². The molecule has 4 aliphatic rings. The molecule has 0 bridgehead atoms. The molecule has 0 saturated heterocycles. The highest BCUT2D eigenvalue weighted by atomic mass is 16.5. The number of nitrogens with one attached hydrogen (secondary N) is 1. The number of carbonyl (C=O) groups excluding carboxylic acids is 3. The number of hydrogen-bond donors (Lipinski definition) is 2. The molecule has 194 valence electrons. The zero-order valence-electron chi connectivity index (χ0n) is 21.6. The summed E-state index contributed by atoms with van der Waals surface area (Å²) in [6.07, 6.45) is 9.44. The number of fused-ring (bicyclic) bond motifs is 5. The molecule has 7 atom stereocenters. The van der Waals surface area contributed by atoms with Crippen LogP contribution in [0.4, 0.5) is 0 Å². The molecule has 0 aromatic rings. The Kier molecular flexibility index (Phi) is 7.18. The van der Waals surface area contributed by atoms with Crippen molar-refractivity contribution in [1.29, 1.82) is 0 Å². The van der Waals surface area contributed by atoms with Crippen LogP contribution in [0, 0.1) is 34.5 Å². The maximum Gasteiger partial charge on any atom is 0.326 e. The highest BCUT2D eigenvalue weighted by Crippen LogP contribution is 2.65. The fourth-order valence-electron chi connectivity index (χ4n) is 7.90. The van der Waals surface area contributed by atoms with Crippen molar-refractivity contribution < 1.29 is 29.0 Å². The molecule has 7 heteroatoms. The van der Waals surface area contributed by atoms with Gasteiger partial charge in [0.1, 0.15) is 12.1 Å². The highest BCUT2D eigenvalue weighted by Gasteiger charge is 2.59. The number of hydrogen-bond acceptors (Lipinski definition) is 5. The largest absolute Gasteiger partial charge is 0.480 e. The molecule has 0 aliphatic heterocycles. The molecule has 3 fully saturated rings. The van der Waals surface area contributed by atoms with Crippen LogP contribution in [0.3, 0.4) is 0 Å². The number of rotatable bonds is 7. The molecule has 7 nitrogen and oxygen atoms in total. The molecule has 0 unspecified atom stereocenters. The minimum Gasteiger partial charge on any atom is -0.480 e. The number of amides is 1. The number of carboxylic acids is 1. The molecule has 3 saturated carbocycles. The van der Waals surface area contributed by atoms with Crippen molar-refractivity contribution >= 4 is 23.6 Å². The SMILES string of the molecule is CC(C)[C@@H](NC(=O)CCC(=O)O[C@H]1CC[C@H]2[C@@H]3CCC4=CC(=O)CC[C@]4(C)[C@H]3CC[C@]12C)C(=O)O. The molecule has 0 radical (unpaired) electrons. The summed E-state index contributed by atoms with van der Waals surface area (Å²) in [5.74, 6) is -0.146. The van der Waals surface area contributed by atoms with Gasteiger partial charge in [-0.25, -0.2) is 4.79 Å². The molecule has 0 heterocycles. The Morgan fingerprint density at radius 3 is 2.49 bits per heavy atom. The number of carboxylic acid groups (broad SMARTS) is 1. The van der Waals surface area contributed by atoms with E-state index >= 15 is 0 Å². The summed E-state index contributed by atoms with van der Waals surface area (Å²) in [5.41, 5.74) is 1.44. The Morgan fingerprint density at radius 1 is 1.06 bits per heavy atom. The molecule has 4 aliphatic carbocycles. The quantitative estimate of drug-likeness (QED) is 0.514. The van der Waals surface area contributed by atoms with Gasteiger partial charge in [-0.2, -0.15) is 0 Å². The van der Waals surface area contributed by atoms with Gasteiger partial charge in [-0.05, 0) is 80.1 Å². The number of aliphatic carboxylic acids is 1. The molecule has 0 aromatic carbocycles. The highest BCUT2D eigenvalue weighted by molar-refractivity contribution is 5.91. The number of allylic oxidation sites excluding steroid dienone is 1. The summed E-state index contributed by atoms with van der Waals surface area (Å²) >= 11 is 0. The summed E-state index contributed by atoms with van der Waals surface area (Å²) in [4.78, 5) is 48.2. The first-order valence-electron chi connectivity index (χ1n) is 13.4. The van der Waals surface area contributed by atoms with Crippen LogP contribution in [-0.4, -0.2) is 40.9 Å². The topological polar surface area (TPSA) is 110 Å². The Morgan fingerprint density at radius 2 is 1.80 bits per heavy atom. The minimum absolute atomic E-state index is 0.0418. The molecular weight excluding hydrogens is 446 g/mol. The van der Waals surface area contributed by atoms with Gasteiger partial charge in [-0.1, -0.05) is 33.3 Å². The monoisotopic (exact) mass is 487 g/mol. The van der Waals surface area contributed by atoms with Crippen molar-refractivity contribution in [3.63, 3.8) is 0 Å². The zero-order chi connectivity index (χ0) is 25.5. The molecule has 35 heavy (non-hydrogen) atoms. The van der Waals surface area contributed by atoms with Gasteiger partial charge in [0, 0.05) is 18.3 Å². The fourth-order valence-corrected chi connectivity index (χ4v) is 7.90. The van der Waals surface area contributed by atoms with Gasteiger partial charge in [0.2, 0.25) is 5.91 Å². The fraction of sp³-hybridized carbons (Fsp3) is 0.786. The van der Waals surface area contributed by atoms with E-state index in [0.29, 0.717) is 24.2 Å². The number of esters is 1. The average Bonchev–Trinajstić information content (AvgIpc) is 3.12. The predicted molar refractivity (Wildman–Crippen MR) is 130 cm³/mol. The molecular formula is C28H41NO6. The predicted octanol–water partition coefficient (Wildman–Crippen LogP) is 4.44. The zero-order valence-corrected chi connectivity index (χ0v) is 21.6. The van der Waals surface area contributed by atoms with Crippen molar-refractivity contribution in [2.24, 2.45) is 34.5 Å². The van der Waals surface area contributed by atoms with Crippen molar-refractivity contribution in [1.82, 2.24) is 5.32 Å². The van der Waals surface area contributed by atoms with E-state index in [4.69, 9.17) is 4.74 Å². The summed E-state index contributed by atoms with van der Waals surface area (Å²) in [6.45, 7) is 8.12. The van der Waals surface area contributed by atoms with Crippen LogP contribution in [0.1, 0.15) is 91.9 Å². The van der Waals surface area contributed by atoms with E-state index in [2.05, 4.69) is 19.2 Å². The third-order valence-corrected chi connectivity index (χ3v) is 9.95. The normalized spacial score (nSPS) is 36.9. The molecule has 0 spiro atoms. The van der Waals surface area contributed by atoms with Crippen molar-refractivity contribution in [3.05, 3.63) is 11.6 Å². The van der Waals surface area contributed by atoms with Crippen LogP contribution in [0.5, 0.6) is 0 Å². The molecule has 2 N–H and O–H groups in total. The van der Waals surface area contributed by atoms with E-state index in [-0.39, 0.29) is 47.4 Å². The van der Waals surface area contributed by atoms with Gasteiger partial charge >= 0.3 is 11.9 Å². The van der Waals surface area contributed by atoms with Gasteiger partial charge in [-0.3, -0.25) is 14.4 Å². The molecule has 1 amide bonds. The van der Waals surface area contributed by atoms with E-state index in [9.17, 15) is 24.3 Å². The van der Waals surface area contributed by atoms with Crippen molar-refractivity contribution in [2.75, 3.05) is 0 Å². The maximum atomic E-state index is 12.7. The smallest absolute Gasteiger partial charge is 0.326 e. The lowest BCUT2D eigenvalue weighted by Gasteiger charge is -2.57. The van der Waals surface area contributed by atoms with Crippen LogP contribution in [0.2, 0.25) is 0 Å². The average molecular weight is 488 g/mol. The number of ketones is 1. The second kappa shape index (κ2) is 9.70. The number of ether oxygens (including phenoxy) is 1. The third-order valence-electron chi connectivity index (χ3n) is 9.95. The van der Waals surface area contributed by atoms with Crippen LogP contribution in [0.25, 0.3) is 0 Å². The van der Waals surface area contributed by atoms with Gasteiger partial charge in [0.25, 0.3) is 0 Å². The van der Waals surface area contributed by atoms with E-state index < -0.39 is 17.9 Å². The second-order valence-electron chi connectivity index (χ2n) is 12.2. The number of carbonyl (C=O) groups is 4. The van der Waals surface area contributed by atoms with Crippen molar-refractivity contribution in [2.45, 2.75) is 104 Å². The lowest BCUT2D eigenvalue weighted by Crippen LogP contribution is -2.51. The Balaban J connectivity index is 1.35. The van der Waals surface area contributed by atoms with E-state index in [0.717, 1.165) is 44.9 Å². The summed E-state index contributed by atoms with van der Waals surface area (Å²) in [6, 6.07) is -0.960. The first kappa shape index (κ1) is 25.9. The summed E-state index contributed by atoms with van der Waals surface area (Å²) in [5, 5.41) is 11.8. The van der Waals surface area contributed by atoms with Crippen LogP contribution < -0.4 is 5.32 Å². The summed E-state index contributed by atoms with van der Waals surface area (Å²) < 4.78 is 5.97. The van der Waals surface area contributed by atoms with Crippen LogP contribution >= 0.6 is 0 Å².